The Labute approximate surface area is 138 Å². The molecule has 1 atom stereocenters. The van der Waals surface area contributed by atoms with Gasteiger partial charge in [0.25, 0.3) is 0 Å². The molecule has 0 heterocycles. The maximum Gasteiger partial charge on any atom is 0.337 e. The number of carboxylic acid groups (broad SMARTS) is 1. The van der Waals surface area contributed by atoms with Gasteiger partial charge in [-0.15, -0.1) is 5.11 Å². The third kappa shape index (κ3) is 4.28. The number of aliphatic hydroxyl groups is 1. The Balaban J connectivity index is 2.17. The molecule has 8 nitrogen and oxygen atoms in total. The van der Waals surface area contributed by atoms with E-state index in [0.717, 1.165) is 0 Å². The van der Waals surface area contributed by atoms with E-state index in [0.29, 0.717) is 12.1 Å². The predicted molar refractivity (Wildman–Crippen MR) is 85.5 cm³/mol. The van der Waals surface area contributed by atoms with Crippen molar-refractivity contribution in [2.24, 2.45) is 10.4 Å². The van der Waals surface area contributed by atoms with Crippen molar-refractivity contribution in [1.82, 2.24) is 5.32 Å². The molecule has 0 saturated carbocycles. The number of nitrogens with one attached hydrogen (secondary N) is 1. The van der Waals surface area contributed by atoms with Crippen LogP contribution in [0.15, 0.2) is 52.9 Å². The lowest BCUT2D eigenvalue weighted by Crippen LogP contribution is -2.16. The minimum Gasteiger partial charge on any atom is -0.504 e. The van der Waals surface area contributed by atoms with Crippen LogP contribution in [0.3, 0.4) is 0 Å². The van der Waals surface area contributed by atoms with Crippen molar-refractivity contribution >= 4 is 11.7 Å². The first-order valence-electron chi connectivity index (χ1n) is 7.09. The third-order valence-electron chi connectivity index (χ3n) is 3.19. The molecule has 2 rings (SSSR count). The fraction of sp³-hybridized carbons (Fsp3) is 0.188. The zero-order valence-corrected chi connectivity index (χ0v) is 12.9. The molecule has 0 aliphatic rings. The molecular weight excluding hydrogens is 314 g/mol. The zero-order valence-electron chi connectivity index (χ0n) is 12.9. The van der Waals surface area contributed by atoms with Gasteiger partial charge in [-0.25, -0.2) is 4.79 Å². The number of likely N-dealkylation sites (N-methyl/N-ethyl adjacent to an activating group) is 1. The fourth-order valence-electron chi connectivity index (χ4n) is 1.97. The highest BCUT2D eigenvalue weighted by Crippen LogP contribution is 2.30. The standard InChI is InChI=1S/C16H17N3O5/c1-17-9-14(21)10-6-7-13(20)15(8-10)24-19-18-12-5-3-2-4-11(12)16(22)23/h2-8,14,17,20-21H,9H2,1H3,(H,22,23). The topological polar surface area (TPSA) is 124 Å². The molecule has 0 radical (unpaired) electrons. The molecule has 24 heavy (non-hydrogen) atoms. The number of benzene rings is 2. The lowest BCUT2D eigenvalue weighted by Gasteiger charge is -2.11. The van der Waals surface area contributed by atoms with Gasteiger partial charge in [0, 0.05) is 11.8 Å². The van der Waals surface area contributed by atoms with E-state index in [-0.39, 0.29) is 22.7 Å². The van der Waals surface area contributed by atoms with Crippen molar-refractivity contribution in [3.05, 3.63) is 53.6 Å². The molecule has 0 saturated heterocycles. The molecule has 0 fully saturated rings. The summed E-state index contributed by atoms with van der Waals surface area (Å²) < 4.78 is 0. The predicted octanol–water partition coefficient (Wildman–Crippen LogP) is 2.42. The lowest BCUT2D eigenvalue weighted by molar-refractivity contribution is 0.0697. The first kappa shape index (κ1) is 17.4. The molecule has 1 unspecified atom stereocenters. The summed E-state index contributed by atoms with van der Waals surface area (Å²) in [5, 5.41) is 38.8. The Hall–Kier alpha value is -2.97. The van der Waals surface area contributed by atoms with Crippen molar-refractivity contribution in [3.8, 4) is 11.5 Å². The van der Waals surface area contributed by atoms with Crippen LogP contribution in [0, 0.1) is 0 Å². The third-order valence-corrected chi connectivity index (χ3v) is 3.19. The highest BCUT2D eigenvalue weighted by atomic mass is 16.6. The Morgan fingerprint density at radius 1 is 1.29 bits per heavy atom. The van der Waals surface area contributed by atoms with Crippen LogP contribution in [-0.2, 0) is 0 Å². The van der Waals surface area contributed by atoms with Gasteiger partial charge in [0.2, 0.25) is 5.75 Å². The van der Waals surface area contributed by atoms with E-state index < -0.39 is 12.1 Å². The number of carboxylic acids is 1. The second-order valence-corrected chi connectivity index (χ2v) is 4.90. The van der Waals surface area contributed by atoms with E-state index >= 15 is 0 Å². The van der Waals surface area contributed by atoms with Crippen LogP contribution >= 0.6 is 0 Å². The fourth-order valence-corrected chi connectivity index (χ4v) is 1.97. The molecule has 2 aromatic rings. The number of aliphatic hydroxyl groups excluding tert-OH is 1. The second-order valence-electron chi connectivity index (χ2n) is 4.90. The van der Waals surface area contributed by atoms with Crippen LogP contribution in [0.1, 0.15) is 22.0 Å². The normalized spacial score (nSPS) is 12.2. The van der Waals surface area contributed by atoms with Gasteiger partial charge in [-0.2, -0.15) is 0 Å². The summed E-state index contributed by atoms with van der Waals surface area (Å²) >= 11 is 0. The quantitative estimate of drug-likeness (QED) is 0.456. The number of aromatic carboxylic acids is 1. The number of nitrogens with zero attached hydrogens (tertiary/aromatic N) is 2. The molecule has 0 aromatic heterocycles. The molecule has 0 bridgehead atoms. The van der Waals surface area contributed by atoms with E-state index in [4.69, 9.17) is 9.94 Å². The maximum atomic E-state index is 11.1. The van der Waals surface area contributed by atoms with Gasteiger partial charge in [0.05, 0.1) is 11.7 Å². The number of phenolic OH excluding ortho intramolecular Hbond substituents is 1. The van der Waals surface area contributed by atoms with Crippen LogP contribution in [0.25, 0.3) is 0 Å². The average Bonchev–Trinajstić information content (AvgIpc) is 2.57. The second kappa shape index (κ2) is 8.04. The van der Waals surface area contributed by atoms with Gasteiger partial charge in [-0.3, -0.25) is 0 Å². The Morgan fingerprint density at radius 2 is 2.04 bits per heavy atom. The van der Waals surface area contributed by atoms with E-state index in [1.54, 1.807) is 25.2 Å². The SMILES string of the molecule is CNCC(O)c1ccc(O)c(ON=Nc2ccccc2C(=O)O)c1. The van der Waals surface area contributed by atoms with Crippen molar-refractivity contribution in [1.29, 1.82) is 0 Å². The Kier molecular flexibility index (Phi) is 5.83. The van der Waals surface area contributed by atoms with Gasteiger partial charge in [-0.1, -0.05) is 18.2 Å². The number of hydrogen-bond acceptors (Lipinski definition) is 7. The molecule has 4 N–H and O–H groups in total. The van der Waals surface area contributed by atoms with E-state index in [2.05, 4.69) is 15.7 Å². The summed E-state index contributed by atoms with van der Waals surface area (Å²) in [6.45, 7) is 0.331. The lowest BCUT2D eigenvalue weighted by atomic mass is 10.1. The van der Waals surface area contributed by atoms with Gasteiger partial charge >= 0.3 is 5.97 Å². The smallest absolute Gasteiger partial charge is 0.337 e. The molecule has 0 aliphatic carbocycles. The van der Waals surface area contributed by atoms with Crippen LogP contribution < -0.4 is 10.2 Å². The van der Waals surface area contributed by atoms with Crippen molar-refractivity contribution < 1.29 is 25.0 Å². The van der Waals surface area contributed by atoms with Crippen molar-refractivity contribution in [2.75, 3.05) is 13.6 Å². The number of aromatic hydroxyl groups is 1. The van der Waals surface area contributed by atoms with Gasteiger partial charge in [0.1, 0.15) is 5.69 Å². The van der Waals surface area contributed by atoms with Gasteiger partial charge < -0.3 is 25.5 Å². The Bertz CT molecular complexity index is 748. The summed E-state index contributed by atoms with van der Waals surface area (Å²) in [6.07, 6.45) is -0.775. The first-order chi connectivity index (χ1) is 11.5. The summed E-state index contributed by atoms with van der Waals surface area (Å²) in [6, 6.07) is 10.4. The van der Waals surface area contributed by atoms with Gasteiger partial charge in [0.15, 0.2) is 5.75 Å². The van der Waals surface area contributed by atoms with Crippen LogP contribution in [0.5, 0.6) is 11.5 Å². The molecule has 8 heteroatoms. The molecule has 0 spiro atoms. The van der Waals surface area contributed by atoms with Crippen LogP contribution in [-0.4, -0.2) is 34.9 Å². The van der Waals surface area contributed by atoms with Crippen molar-refractivity contribution in [3.63, 3.8) is 0 Å². The number of phenols is 1. The molecule has 2 aromatic carbocycles. The molecular formula is C16H17N3O5. The van der Waals surface area contributed by atoms with Crippen LogP contribution in [0.2, 0.25) is 0 Å². The first-order valence-corrected chi connectivity index (χ1v) is 7.09. The van der Waals surface area contributed by atoms with E-state index in [1.165, 1.54) is 24.3 Å². The zero-order chi connectivity index (χ0) is 17.5. The van der Waals surface area contributed by atoms with E-state index in [1.807, 2.05) is 0 Å². The summed E-state index contributed by atoms with van der Waals surface area (Å²) in [7, 11) is 1.70. The highest BCUT2D eigenvalue weighted by Gasteiger charge is 2.12. The maximum absolute atomic E-state index is 11.1. The number of rotatable bonds is 7. The van der Waals surface area contributed by atoms with Crippen LogP contribution in [0.4, 0.5) is 5.69 Å². The van der Waals surface area contributed by atoms with Crippen molar-refractivity contribution in [2.45, 2.75) is 6.10 Å². The minimum absolute atomic E-state index is 0.000732. The molecule has 0 amide bonds. The largest absolute Gasteiger partial charge is 0.504 e. The summed E-state index contributed by atoms with van der Waals surface area (Å²) in [5.74, 6) is -1.32. The summed E-state index contributed by atoms with van der Waals surface area (Å²) in [5.41, 5.74) is 0.626. The number of hydrogen-bond donors (Lipinski definition) is 4. The highest BCUT2D eigenvalue weighted by molar-refractivity contribution is 5.93. The molecule has 126 valence electrons. The number of carbonyl (C=O) groups is 1. The van der Waals surface area contributed by atoms with Gasteiger partial charge in [-0.05, 0) is 36.9 Å². The monoisotopic (exact) mass is 331 g/mol. The molecule has 0 aliphatic heterocycles. The minimum atomic E-state index is -1.13. The Morgan fingerprint density at radius 3 is 2.75 bits per heavy atom. The average molecular weight is 331 g/mol. The summed E-state index contributed by atoms with van der Waals surface area (Å²) in [4.78, 5) is 16.1. The van der Waals surface area contributed by atoms with E-state index in [9.17, 15) is 15.0 Å².